The molecule has 0 aromatic heterocycles. The zero-order valence-corrected chi connectivity index (χ0v) is 10.3. The largest absolute Gasteiger partial charge is 0.480 e. The third-order valence-corrected chi connectivity index (χ3v) is 4.91. The van der Waals surface area contributed by atoms with Gasteiger partial charge in [0, 0.05) is 12.9 Å². The van der Waals surface area contributed by atoms with Crippen molar-refractivity contribution in [2.75, 3.05) is 19.5 Å². The molecule has 0 heterocycles. The van der Waals surface area contributed by atoms with E-state index < -0.39 is 10.7 Å². The third-order valence-electron chi connectivity index (χ3n) is 3.24. The Morgan fingerprint density at radius 2 is 2.33 bits per heavy atom. The van der Waals surface area contributed by atoms with Crippen molar-refractivity contribution in [2.24, 2.45) is 5.92 Å². The van der Waals surface area contributed by atoms with Gasteiger partial charge < -0.3 is 9.84 Å². The molecular weight excluding hydrogens is 212 g/mol. The minimum absolute atomic E-state index is 0.269. The van der Waals surface area contributed by atoms with Crippen molar-refractivity contribution in [1.29, 1.82) is 0 Å². The number of carboxylic acids is 1. The Morgan fingerprint density at radius 1 is 1.60 bits per heavy atom. The molecule has 1 aliphatic rings. The van der Waals surface area contributed by atoms with Gasteiger partial charge in [0.05, 0.1) is 6.61 Å². The number of thioether (sulfide) groups is 1. The molecule has 2 atom stereocenters. The average Bonchev–Trinajstić information content (AvgIpc) is 2.21. The molecule has 88 valence electrons. The van der Waals surface area contributed by atoms with Gasteiger partial charge >= 0.3 is 5.97 Å². The molecule has 15 heavy (non-hydrogen) atoms. The Balaban J connectivity index is 2.63. The fourth-order valence-electron chi connectivity index (χ4n) is 2.22. The van der Waals surface area contributed by atoms with Gasteiger partial charge in [-0.15, -0.1) is 11.8 Å². The van der Waals surface area contributed by atoms with Crippen LogP contribution >= 0.6 is 11.8 Å². The highest BCUT2D eigenvalue weighted by molar-refractivity contribution is 8.01. The summed E-state index contributed by atoms with van der Waals surface area (Å²) in [6.07, 6.45) is 4.04. The van der Waals surface area contributed by atoms with Crippen LogP contribution in [0.3, 0.4) is 0 Å². The number of methoxy groups -OCH3 is 1. The molecule has 0 saturated heterocycles. The van der Waals surface area contributed by atoms with Gasteiger partial charge in [-0.1, -0.05) is 19.8 Å². The second-order valence-corrected chi connectivity index (χ2v) is 5.61. The molecule has 1 saturated carbocycles. The summed E-state index contributed by atoms with van der Waals surface area (Å²) >= 11 is 1.56. The molecule has 0 spiro atoms. The molecule has 4 heteroatoms. The Kier molecular flexibility index (Phi) is 4.93. The van der Waals surface area contributed by atoms with Crippen LogP contribution in [0, 0.1) is 5.92 Å². The van der Waals surface area contributed by atoms with Gasteiger partial charge in [0.15, 0.2) is 0 Å². The lowest BCUT2D eigenvalue weighted by molar-refractivity contribution is -0.142. The molecule has 0 aromatic rings. The lowest BCUT2D eigenvalue weighted by Crippen LogP contribution is -2.44. The van der Waals surface area contributed by atoms with Crippen LogP contribution in [0.15, 0.2) is 0 Å². The quantitative estimate of drug-likeness (QED) is 0.739. The van der Waals surface area contributed by atoms with E-state index in [1.165, 1.54) is 6.42 Å². The van der Waals surface area contributed by atoms with E-state index in [0.717, 1.165) is 25.0 Å². The summed E-state index contributed by atoms with van der Waals surface area (Å²) in [5, 5.41) is 9.40. The van der Waals surface area contributed by atoms with E-state index in [9.17, 15) is 9.90 Å². The van der Waals surface area contributed by atoms with Crippen LogP contribution in [-0.4, -0.2) is 35.3 Å². The number of carboxylic acid groups (broad SMARTS) is 1. The minimum atomic E-state index is -0.643. The first kappa shape index (κ1) is 12.8. The van der Waals surface area contributed by atoms with Crippen molar-refractivity contribution in [2.45, 2.75) is 37.4 Å². The molecule has 0 radical (unpaired) electrons. The highest BCUT2D eigenvalue weighted by Gasteiger charge is 2.45. The lowest BCUT2D eigenvalue weighted by Gasteiger charge is -2.38. The van der Waals surface area contributed by atoms with Crippen molar-refractivity contribution in [3.8, 4) is 0 Å². The van der Waals surface area contributed by atoms with Crippen molar-refractivity contribution in [3.05, 3.63) is 0 Å². The van der Waals surface area contributed by atoms with Crippen molar-refractivity contribution in [3.63, 3.8) is 0 Å². The van der Waals surface area contributed by atoms with Crippen LogP contribution in [0.25, 0.3) is 0 Å². The van der Waals surface area contributed by atoms with E-state index in [2.05, 4.69) is 6.92 Å². The number of ether oxygens (including phenoxy) is 1. The molecule has 2 unspecified atom stereocenters. The van der Waals surface area contributed by atoms with Crippen LogP contribution < -0.4 is 0 Å². The SMILES string of the molecule is COCCSC1(C(=O)O)CCCCC1C. The second kappa shape index (κ2) is 5.75. The summed E-state index contributed by atoms with van der Waals surface area (Å²) in [5.74, 6) is 0.397. The van der Waals surface area contributed by atoms with E-state index in [0.29, 0.717) is 6.61 Å². The van der Waals surface area contributed by atoms with E-state index in [1.54, 1.807) is 18.9 Å². The maximum atomic E-state index is 11.4. The van der Waals surface area contributed by atoms with Crippen LogP contribution in [0.2, 0.25) is 0 Å². The normalized spacial score (nSPS) is 31.5. The van der Waals surface area contributed by atoms with Gasteiger partial charge in [-0.25, -0.2) is 0 Å². The Labute approximate surface area is 95.6 Å². The number of hydrogen-bond acceptors (Lipinski definition) is 3. The second-order valence-electron chi connectivity index (χ2n) is 4.18. The minimum Gasteiger partial charge on any atom is -0.480 e. The lowest BCUT2D eigenvalue weighted by atomic mass is 9.79. The van der Waals surface area contributed by atoms with E-state index in [1.807, 2.05) is 0 Å². The predicted octanol–water partition coefficient (Wildman–Crippen LogP) is 2.40. The number of aliphatic carboxylic acids is 1. The summed E-state index contributed by atoms with van der Waals surface area (Å²) in [4.78, 5) is 11.4. The van der Waals surface area contributed by atoms with Gasteiger partial charge in [-0.05, 0) is 18.8 Å². The molecule has 3 nitrogen and oxygen atoms in total. The summed E-state index contributed by atoms with van der Waals surface area (Å²) in [6, 6.07) is 0. The zero-order chi connectivity index (χ0) is 11.3. The molecule has 0 bridgehead atoms. The molecule has 1 aliphatic carbocycles. The standard InChI is InChI=1S/C11H20O3S/c1-9-5-3-4-6-11(9,10(12)13)15-8-7-14-2/h9H,3-8H2,1-2H3,(H,12,13). The summed E-state index contributed by atoms with van der Waals surface area (Å²) in [5.41, 5.74) is 0. The van der Waals surface area contributed by atoms with Gasteiger partial charge in [0.2, 0.25) is 0 Å². The smallest absolute Gasteiger partial charge is 0.320 e. The maximum Gasteiger partial charge on any atom is 0.320 e. The van der Waals surface area contributed by atoms with Gasteiger partial charge in [-0.2, -0.15) is 0 Å². The first-order chi connectivity index (χ1) is 7.13. The first-order valence-corrected chi connectivity index (χ1v) is 6.48. The monoisotopic (exact) mass is 232 g/mol. The van der Waals surface area contributed by atoms with E-state index >= 15 is 0 Å². The third kappa shape index (κ3) is 2.88. The van der Waals surface area contributed by atoms with Crippen molar-refractivity contribution < 1.29 is 14.6 Å². The molecule has 1 fully saturated rings. The fourth-order valence-corrected chi connectivity index (χ4v) is 3.65. The highest BCUT2D eigenvalue weighted by Crippen LogP contribution is 2.44. The number of rotatable bonds is 5. The average molecular weight is 232 g/mol. The van der Waals surface area contributed by atoms with Gasteiger partial charge in [0.1, 0.15) is 4.75 Å². The Bertz CT molecular complexity index is 220. The summed E-state index contributed by atoms with van der Waals surface area (Å²) in [7, 11) is 1.65. The van der Waals surface area contributed by atoms with Crippen molar-refractivity contribution in [1.82, 2.24) is 0 Å². The van der Waals surface area contributed by atoms with E-state index in [4.69, 9.17) is 4.74 Å². The van der Waals surface area contributed by atoms with E-state index in [-0.39, 0.29) is 5.92 Å². The molecule has 0 aliphatic heterocycles. The van der Waals surface area contributed by atoms with Crippen LogP contribution in [-0.2, 0) is 9.53 Å². The fraction of sp³-hybridized carbons (Fsp3) is 0.909. The van der Waals surface area contributed by atoms with Crippen LogP contribution in [0.4, 0.5) is 0 Å². The molecule has 0 amide bonds. The van der Waals surface area contributed by atoms with Gasteiger partial charge in [0.25, 0.3) is 0 Å². The van der Waals surface area contributed by atoms with Crippen molar-refractivity contribution >= 4 is 17.7 Å². The summed E-state index contributed by atoms with van der Waals surface area (Å²) in [6.45, 7) is 2.69. The number of hydrogen-bond donors (Lipinski definition) is 1. The van der Waals surface area contributed by atoms with Crippen LogP contribution in [0.5, 0.6) is 0 Å². The molecule has 1 rings (SSSR count). The van der Waals surface area contributed by atoms with Crippen LogP contribution in [0.1, 0.15) is 32.6 Å². The maximum absolute atomic E-state index is 11.4. The summed E-state index contributed by atoms with van der Waals surface area (Å²) < 4.78 is 4.42. The molecular formula is C11H20O3S. The first-order valence-electron chi connectivity index (χ1n) is 5.50. The Morgan fingerprint density at radius 3 is 2.87 bits per heavy atom. The van der Waals surface area contributed by atoms with Gasteiger partial charge in [-0.3, -0.25) is 4.79 Å². The number of carbonyl (C=O) groups is 1. The topological polar surface area (TPSA) is 46.5 Å². The predicted molar refractivity (Wildman–Crippen MR) is 62.3 cm³/mol. The molecule has 1 N–H and O–H groups in total. The Hall–Kier alpha value is -0.220. The highest BCUT2D eigenvalue weighted by atomic mass is 32.2. The zero-order valence-electron chi connectivity index (χ0n) is 9.49. The molecule has 0 aromatic carbocycles.